The first-order valence-corrected chi connectivity index (χ1v) is 9.65. The average Bonchev–Trinajstić information content (AvgIpc) is 3.08. The predicted octanol–water partition coefficient (Wildman–Crippen LogP) is 3.65. The molecule has 148 valence electrons. The number of carbonyl (C=O) groups is 2. The highest BCUT2D eigenvalue weighted by atomic mass is 32.2. The topological polar surface area (TPSA) is 89.4 Å². The molecule has 0 spiro atoms. The van der Waals surface area contributed by atoms with Crippen molar-refractivity contribution in [1.82, 2.24) is 5.32 Å². The van der Waals surface area contributed by atoms with Crippen molar-refractivity contribution in [2.24, 2.45) is 10.2 Å². The van der Waals surface area contributed by atoms with E-state index in [0.717, 1.165) is 35.6 Å². The molecule has 0 atom stereocenters. The van der Waals surface area contributed by atoms with E-state index in [1.807, 2.05) is 48.5 Å². The minimum Gasteiger partial charge on any atom is -0.466 e. The van der Waals surface area contributed by atoms with Gasteiger partial charge in [-0.3, -0.25) is 10.1 Å². The Labute approximate surface area is 172 Å². The number of amides is 1. The molecule has 0 saturated carbocycles. The van der Waals surface area contributed by atoms with Crippen LogP contribution >= 0.6 is 11.8 Å². The number of ether oxygens (including phenoxy) is 2. The molecule has 0 unspecified atom stereocenters. The van der Waals surface area contributed by atoms with Crippen LogP contribution in [0.15, 0.2) is 69.7 Å². The monoisotopic (exact) mass is 409 g/mol. The number of rotatable bonds is 6. The summed E-state index contributed by atoms with van der Waals surface area (Å²) in [5.41, 5.74) is 2.08. The predicted molar refractivity (Wildman–Crippen MR) is 113 cm³/mol. The van der Waals surface area contributed by atoms with Gasteiger partial charge >= 0.3 is 5.97 Å². The number of methoxy groups -OCH3 is 1. The van der Waals surface area contributed by atoms with Crippen molar-refractivity contribution in [3.63, 3.8) is 0 Å². The number of aryl methyl sites for hydroxylation is 1. The van der Waals surface area contributed by atoms with Crippen LogP contribution in [0.1, 0.15) is 18.1 Å². The lowest BCUT2D eigenvalue weighted by Crippen LogP contribution is -2.19. The largest absolute Gasteiger partial charge is 0.466 e. The van der Waals surface area contributed by atoms with Crippen LogP contribution in [0.2, 0.25) is 0 Å². The number of thioether (sulfide) groups is 1. The smallest absolute Gasteiger partial charge is 0.331 e. The van der Waals surface area contributed by atoms with Crippen molar-refractivity contribution in [1.29, 1.82) is 0 Å². The van der Waals surface area contributed by atoms with Crippen LogP contribution in [-0.2, 0) is 20.7 Å². The van der Waals surface area contributed by atoms with Gasteiger partial charge in [-0.1, -0.05) is 19.1 Å². The van der Waals surface area contributed by atoms with Crippen molar-refractivity contribution in [3.8, 4) is 11.5 Å². The second kappa shape index (κ2) is 9.70. The summed E-state index contributed by atoms with van der Waals surface area (Å²) in [5, 5.41) is 10.7. The normalized spacial score (nSPS) is 16.4. The third-order valence-electron chi connectivity index (χ3n) is 3.90. The second-order valence-corrected chi connectivity index (χ2v) is 6.94. The number of nitrogens with zero attached hydrogens (tertiary/aromatic N) is 2. The van der Waals surface area contributed by atoms with E-state index in [4.69, 9.17) is 4.74 Å². The van der Waals surface area contributed by atoms with Crippen molar-refractivity contribution in [2.45, 2.75) is 13.3 Å². The summed E-state index contributed by atoms with van der Waals surface area (Å²) in [6.45, 7) is 2.11. The molecule has 2 aromatic rings. The van der Waals surface area contributed by atoms with Crippen molar-refractivity contribution in [2.75, 3.05) is 7.11 Å². The van der Waals surface area contributed by atoms with Crippen LogP contribution in [0.5, 0.6) is 11.5 Å². The Hall–Kier alpha value is -3.39. The lowest BCUT2D eigenvalue weighted by molar-refractivity contribution is -0.135. The number of carbonyl (C=O) groups excluding carboxylic acids is 2. The Morgan fingerprint density at radius 1 is 1.10 bits per heavy atom. The first-order chi connectivity index (χ1) is 14.1. The van der Waals surface area contributed by atoms with E-state index in [1.165, 1.54) is 12.7 Å². The van der Waals surface area contributed by atoms with Gasteiger partial charge in [0.1, 0.15) is 11.5 Å². The van der Waals surface area contributed by atoms with E-state index in [9.17, 15) is 9.59 Å². The molecule has 0 aliphatic carbocycles. The summed E-state index contributed by atoms with van der Waals surface area (Å²) >= 11 is 1.02. The highest BCUT2D eigenvalue weighted by Gasteiger charge is 2.24. The van der Waals surface area contributed by atoms with E-state index in [2.05, 4.69) is 27.2 Å². The van der Waals surface area contributed by atoms with Gasteiger partial charge in [0.25, 0.3) is 5.91 Å². The van der Waals surface area contributed by atoms with Crippen LogP contribution in [0, 0.1) is 0 Å². The zero-order valence-electron chi connectivity index (χ0n) is 15.9. The number of nitrogens with one attached hydrogen (secondary N) is 1. The summed E-state index contributed by atoms with van der Waals surface area (Å²) in [5.74, 6) is 0.479. The van der Waals surface area contributed by atoms with Crippen molar-refractivity contribution < 1.29 is 19.1 Å². The molecule has 1 heterocycles. The molecule has 3 rings (SSSR count). The van der Waals surface area contributed by atoms with Crippen LogP contribution in [0.3, 0.4) is 0 Å². The Kier molecular flexibility index (Phi) is 6.80. The lowest BCUT2D eigenvalue weighted by Gasteiger charge is -2.06. The molecule has 2 aromatic carbocycles. The standard InChI is InChI=1S/C21H19N3O4S/c1-3-14-4-8-16(9-5-14)28-17-10-6-15(7-11-17)13-22-24-21-23-20(26)18(29-21)12-19(25)27-2/h4-13H,3H2,1-2H3,(H,23,24,26)/b18-12+,22-13?. The maximum Gasteiger partial charge on any atom is 0.331 e. The molecule has 1 aliphatic rings. The van der Waals surface area contributed by atoms with E-state index in [-0.39, 0.29) is 10.1 Å². The van der Waals surface area contributed by atoms with Gasteiger partial charge in [-0.15, -0.1) is 5.10 Å². The van der Waals surface area contributed by atoms with E-state index in [1.54, 1.807) is 6.21 Å². The molecule has 1 fully saturated rings. The molecule has 1 aliphatic heterocycles. The van der Waals surface area contributed by atoms with Crippen LogP contribution in [-0.4, -0.2) is 30.4 Å². The summed E-state index contributed by atoms with van der Waals surface area (Å²) in [4.78, 5) is 23.2. The zero-order valence-corrected chi connectivity index (χ0v) is 16.7. The fourth-order valence-corrected chi connectivity index (χ4v) is 3.08. The summed E-state index contributed by atoms with van der Waals surface area (Å²) in [6.07, 6.45) is 3.66. The quantitative estimate of drug-likeness (QED) is 0.340. The number of esters is 1. The lowest BCUT2D eigenvalue weighted by atomic mass is 10.2. The third kappa shape index (κ3) is 5.79. The molecule has 1 N–H and O–H groups in total. The summed E-state index contributed by atoms with van der Waals surface area (Å²) in [7, 11) is 1.24. The second-order valence-electron chi connectivity index (χ2n) is 5.91. The average molecular weight is 409 g/mol. The molecule has 7 nitrogen and oxygen atoms in total. The van der Waals surface area contributed by atoms with Gasteiger partial charge in [-0.2, -0.15) is 5.10 Å². The SMILES string of the molecule is CCc1ccc(Oc2ccc(C=N/N=C3/NC(=O)/C(=C\C(=O)OC)S3)cc2)cc1. The highest BCUT2D eigenvalue weighted by Crippen LogP contribution is 2.24. The maximum absolute atomic E-state index is 11.7. The fraction of sp³-hybridized carbons (Fsp3) is 0.143. The molecular formula is C21H19N3O4S. The molecular weight excluding hydrogens is 390 g/mol. The molecule has 0 aromatic heterocycles. The Morgan fingerprint density at radius 3 is 2.38 bits per heavy atom. The fourth-order valence-electron chi connectivity index (χ4n) is 2.34. The van der Waals surface area contributed by atoms with Gasteiger partial charge < -0.3 is 9.47 Å². The molecule has 0 radical (unpaired) electrons. The minimum absolute atomic E-state index is 0.208. The number of hydrogen-bond acceptors (Lipinski definition) is 7. The van der Waals surface area contributed by atoms with Gasteiger partial charge in [0.05, 0.1) is 18.2 Å². The van der Waals surface area contributed by atoms with Gasteiger partial charge in [-0.25, -0.2) is 4.79 Å². The Morgan fingerprint density at radius 2 is 1.76 bits per heavy atom. The molecule has 1 saturated heterocycles. The maximum atomic E-state index is 11.7. The highest BCUT2D eigenvalue weighted by molar-refractivity contribution is 8.18. The summed E-state index contributed by atoms with van der Waals surface area (Å²) in [6, 6.07) is 15.4. The molecule has 8 heteroatoms. The van der Waals surface area contributed by atoms with Gasteiger partial charge in [0.2, 0.25) is 0 Å². The Bertz CT molecular complexity index is 980. The Balaban J connectivity index is 1.58. The van der Waals surface area contributed by atoms with Gasteiger partial charge in [-0.05, 0) is 65.7 Å². The van der Waals surface area contributed by atoms with E-state index in [0.29, 0.717) is 5.75 Å². The van der Waals surface area contributed by atoms with Crippen molar-refractivity contribution >= 4 is 35.0 Å². The van der Waals surface area contributed by atoms with Gasteiger partial charge in [0, 0.05) is 6.08 Å². The minimum atomic E-state index is -0.601. The number of amidine groups is 1. The number of hydrogen-bond donors (Lipinski definition) is 1. The van der Waals surface area contributed by atoms with Crippen molar-refractivity contribution in [3.05, 3.63) is 70.6 Å². The first kappa shape index (κ1) is 20.3. The van der Waals surface area contributed by atoms with E-state index >= 15 is 0 Å². The van der Waals surface area contributed by atoms with Gasteiger partial charge in [0.15, 0.2) is 5.17 Å². The number of benzene rings is 2. The van der Waals surface area contributed by atoms with Crippen LogP contribution in [0.25, 0.3) is 0 Å². The zero-order chi connectivity index (χ0) is 20.6. The van der Waals surface area contributed by atoms with E-state index < -0.39 is 11.9 Å². The third-order valence-corrected chi connectivity index (χ3v) is 4.80. The van der Waals surface area contributed by atoms with Crippen LogP contribution < -0.4 is 10.1 Å². The molecule has 0 bridgehead atoms. The summed E-state index contributed by atoms with van der Waals surface area (Å²) < 4.78 is 10.3. The first-order valence-electron chi connectivity index (χ1n) is 8.84. The van der Waals surface area contributed by atoms with Crippen LogP contribution in [0.4, 0.5) is 0 Å². The molecule has 1 amide bonds. The molecule has 29 heavy (non-hydrogen) atoms.